The Hall–Kier alpha value is -2.18. The Labute approximate surface area is 121 Å². The van der Waals surface area contributed by atoms with E-state index in [0.29, 0.717) is 28.6 Å². The second-order valence-electron chi connectivity index (χ2n) is 4.05. The molecule has 0 unspecified atom stereocenters. The Kier molecular flexibility index (Phi) is 4.49. The van der Waals surface area contributed by atoms with Crippen LogP contribution in [-0.2, 0) is 6.42 Å². The summed E-state index contributed by atoms with van der Waals surface area (Å²) in [5, 5.41) is 3.19. The van der Waals surface area contributed by atoms with Crippen molar-refractivity contribution in [2.75, 3.05) is 10.7 Å². The second kappa shape index (κ2) is 6.31. The first kappa shape index (κ1) is 14.2. The smallest absolute Gasteiger partial charge is 0.257 e. The standard InChI is InChI=1S/C13H14ClN5O/c1-2-10-5-8(6-12(17-10)19-15)13(20)18-11-4-3-9(14)7-16-11/h3-7H,2,15H2,1H3,(H,17,19)(H,16,18,20). The molecule has 6 nitrogen and oxygen atoms in total. The number of hydrazine groups is 1. The van der Waals surface area contributed by atoms with Gasteiger partial charge in [-0.1, -0.05) is 18.5 Å². The summed E-state index contributed by atoms with van der Waals surface area (Å²) in [7, 11) is 0. The van der Waals surface area contributed by atoms with Crippen LogP contribution in [-0.4, -0.2) is 15.9 Å². The van der Waals surface area contributed by atoms with Crippen LogP contribution >= 0.6 is 11.6 Å². The third-order valence-corrected chi connectivity index (χ3v) is 2.84. The van der Waals surface area contributed by atoms with Crippen molar-refractivity contribution in [3.8, 4) is 0 Å². The lowest BCUT2D eigenvalue weighted by Crippen LogP contribution is -2.16. The van der Waals surface area contributed by atoms with Crippen molar-refractivity contribution in [3.63, 3.8) is 0 Å². The van der Waals surface area contributed by atoms with E-state index in [1.807, 2.05) is 6.92 Å². The molecule has 1 amide bonds. The molecule has 0 aliphatic rings. The molecule has 2 heterocycles. The number of nitrogen functional groups attached to an aromatic ring is 1. The molecule has 0 atom stereocenters. The zero-order valence-electron chi connectivity index (χ0n) is 10.9. The Morgan fingerprint density at radius 2 is 2.15 bits per heavy atom. The molecule has 0 spiro atoms. The fourth-order valence-electron chi connectivity index (χ4n) is 1.61. The van der Waals surface area contributed by atoms with Crippen LogP contribution in [0.5, 0.6) is 0 Å². The average molecular weight is 292 g/mol. The summed E-state index contributed by atoms with van der Waals surface area (Å²) in [5.74, 6) is 5.93. The third kappa shape index (κ3) is 3.43. The van der Waals surface area contributed by atoms with E-state index >= 15 is 0 Å². The molecule has 0 saturated carbocycles. The highest BCUT2D eigenvalue weighted by molar-refractivity contribution is 6.30. The number of rotatable bonds is 4. The van der Waals surface area contributed by atoms with Gasteiger partial charge < -0.3 is 10.7 Å². The number of carbonyl (C=O) groups is 1. The number of nitrogens with one attached hydrogen (secondary N) is 2. The fraction of sp³-hybridized carbons (Fsp3) is 0.154. The minimum atomic E-state index is -0.284. The van der Waals surface area contributed by atoms with Crippen LogP contribution < -0.4 is 16.6 Å². The first-order chi connectivity index (χ1) is 9.62. The van der Waals surface area contributed by atoms with Crippen LogP contribution in [0.25, 0.3) is 0 Å². The van der Waals surface area contributed by atoms with E-state index in [-0.39, 0.29) is 5.91 Å². The Balaban J connectivity index is 2.22. The lowest BCUT2D eigenvalue weighted by atomic mass is 10.2. The summed E-state index contributed by atoms with van der Waals surface area (Å²) in [5.41, 5.74) is 3.68. The van der Waals surface area contributed by atoms with Gasteiger partial charge in [0.05, 0.1) is 5.02 Å². The zero-order valence-corrected chi connectivity index (χ0v) is 11.6. The molecule has 0 aromatic carbocycles. The minimum absolute atomic E-state index is 0.284. The summed E-state index contributed by atoms with van der Waals surface area (Å²) >= 11 is 5.74. The molecule has 0 saturated heterocycles. The lowest BCUT2D eigenvalue weighted by Gasteiger charge is -2.08. The molecule has 2 rings (SSSR count). The summed E-state index contributed by atoms with van der Waals surface area (Å²) < 4.78 is 0. The van der Waals surface area contributed by atoms with Gasteiger partial charge in [0.15, 0.2) is 0 Å². The van der Waals surface area contributed by atoms with Gasteiger partial charge in [-0.15, -0.1) is 0 Å². The van der Waals surface area contributed by atoms with Gasteiger partial charge in [-0.2, -0.15) is 0 Å². The van der Waals surface area contributed by atoms with E-state index in [1.165, 1.54) is 6.20 Å². The van der Waals surface area contributed by atoms with Crippen molar-refractivity contribution in [2.45, 2.75) is 13.3 Å². The van der Waals surface area contributed by atoms with Crippen molar-refractivity contribution < 1.29 is 4.79 Å². The number of amides is 1. The van der Waals surface area contributed by atoms with Gasteiger partial charge in [-0.05, 0) is 30.7 Å². The molecule has 7 heteroatoms. The van der Waals surface area contributed by atoms with Gasteiger partial charge in [0.2, 0.25) is 0 Å². The van der Waals surface area contributed by atoms with Crippen LogP contribution in [0.2, 0.25) is 5.02 Å². The highest BCUT2D eigenvalue weighted by atomic mass is 35.5. The first-order valence-corrected chi connectivity index (χ1v) is 6.40. The van der Waals surface area contributed by atoms with Crippen LogP contribution in [0, 0.1) is 0 Å². The average Bonchev–Trinajstić information content (AvgIpc) is 2.48. The largest absolute Gasteiger partial charge is 0.308 e. The SMILES string of the molecule is CCc1cc(C(=O)Nc2ccc(Cl)cn2)cc(NN)n1. The summed E-state index contributed by atoms with van der Waals surface area (Å²) in [6.45, 7) is 1.95. The van der Waals surface area contributed by atoms with Gasteiger partial charge in [-0.25, -0.2) is 15.8 Å². The van der Waals surface area contributed by atoms with E-state index < -0.39 is 0 Å². The number of nitrogens with zero attached hydrogens (tertiary/aromatic N) is 2. The third-order valence-electron chi connectivity index (χ3n) is 2.62. The number of carbonyl (C=O) groups excluding carboxylic acids is 1. The number of halogens is 1. The van der Waals surface area contributed by atoms with Crippen molar-refractivity contribution in [1.82, 2.24) is 9.97 Å². The van der Waals surface area contributed by atoms with Gasteiger partial charge >= 0.3 is 0 Å². The normalized spacial score (nSPS) is 10.2. The van der Waals surface area contributed by atoms with Crippen molar-refractivity contribution >= 4 is 29.1 Å². The second-order valence-corrected chi connectivity index (χ2v) is 4.48. The molecule has 104 valence electrons. The summed E-state index contributed by atoms with van der Waals surface area (Å²) in [4.78, 5) is 20.4. The van der Waals surface area contributed by atoms with E-state index in [9.17, 15) is 4.79 Å². The minimum Gasteiger partial charge on any atom is -0.308 e. The molecule has 0 aliphatic carbocycles. The summed E-state index contributed by atoms with van der Waals surface area (Å²) in [6.07, 6.45) is 2.17. The predicted octanol–water partition coefficient (Wildman–Crippen LogP) is 2.23. The number of aromatic nitrogens is 2. The van der Waals surface area contributed by atoms with Crippen LogP contribution in [0.15, 0.2) is 30.5 Å². The van der Waals surface area contributed by atoms with E-state index in [0.717, 1.165) is 5.69 Å². The van der Waals surface area contributed by atoms with Crippen molar-refractivity contribution in [3.05, 3.63) is 46.7 Å². The Bertz CT molecular complexity index is 592. The number of anilines is 2. The molecule has 0 radical (unpaired) electrons. The molecular formula is C13H14ClN5O. The van der Waals surface area contributed by atoms with Crippen LogP contribution in [0.4, 0.5) is 11.6 Å². The zero-order chi connectivity index (χ0) is 14.5. The maximum atomic E-state index is 12.2. The van der Waals surface area contributed by atoms with Gasteiger partial charge in [-0.3, -0.25) is 4.79 Å². The van der Waals surface area contributed by atoms with E-state index in [4.69, 9.17) is 17.4 Å². The Morgan fingerprint density at radius 1 is 1.35 bits per heavy atom. The molecule has 2 aromatic rings. The quantitative estimate of drug-likeness (QED) is 0.593. The first-order valence-electron chi connectivity index (χ1n) is 6.03. The molecular weight excluding hydrogens is 278 g/mol. The predicted molar refractivity (Wildman–Crippen MR) is 78.6 cm³/mol. The number of hydrogen-bond acceptors (Lipinski definition) is 5. The number of aryl methyl sites for hydroxylation is 1. The molecule has 4 N–H and O–H groups in total. The Morgan fingerprint density at radius 3 is 2.75 bits per heavy atom. The maximum Gasteiger partial charge on any atom is 0.257 e. The lowest BCUT2D eigenvalue weighted by molar-refractivity contribution is 0.102. The highest BCUT2D eigenvalue weighted by Crippen LogP contribution is 2.14. The monoisotopic (exact) mass is 291 g/mol. The number of pyridine rings is 2. The summed E-state index contributed by atoms with van der Waals surface area (Å²) in [6, 6.07) is 6.57. The topological polar surface area (TPSA) is 92.9 Å². The van der Waals surface area contributed by atoms with Gasteiger partial charge in [0.1, 0.15) is 11.6 Å². The molecule has 20 heavy (non-hydrogen) atoms. The molecule has 0 aliphatic heterocycles. The number of hydrogen-bond donors (Lipinski definition) is 3. The molecule has 0 bridgehead atoms. The van der Waals surface area contributed by atoms with E-state index in [2.05, 4.69) is 20.7 Å². The van der Waals surface area contributed by atoms with Crippen molar-refractivity contribution in [2.24, 2.45) is 5.84 Å². The van der Waals surface area contributed by atoms with Gasteiger partial charge in [0, 0.05) is 17.5 Å². The van der Waals surface area contributed by atoms with E-state index in [1.54, 1.807) is 24.3 Å². The highest BCUT2D eigenvalue weighted by Gasteiger charge is 2.10. The van der Waals surface area contributed by atoms with Crippen LogP contribution in [0.3, 0.4) is 0 Å². The fourth-order valence-corrected chi connectivity index (χ4v) is 1.72. The molecule has 2 aromatic heterocycles. The van der Waals surface area contributed by atoms with Crippen molar-refractivity contribution in [1.29, 1.82) is 0 Å². The van der Waals surface area contributed by atoms with Gasteiger partial charge in [0.25, 0.3) is 5.91 Å². The van der Waals surface area contributed by atoms with Crippen LogP contribution in [0.1, 0.15) is 23.0 Å². The maximum absolute atomic E-state index is 12.2. The number of nitrogens with two attached hydrogens (primary N) is 1. The molecule has 0 fully saturated rings.